The molecule has 0 spiro atoms. The van der Waals surface area contributed by atoms with Crippen molar-refractivity contribution in [3.63, 3.8) is 0 Å². The molecule has 0 aliphatic heterocycles. The first-order valence-corrected chi connectivity index (χ1v) is 11.6. The summed E-state index contributed by atoms with van der Waals surface area (Å²) < 4.78 is 26.0. The molecule has 1 aromatic carbocycles. The molecule has 0 radical (unpaired) electrons. The fourth-order valence-electron chi connectivity index (χ4n) is 2.63. The van der Waals surface area contributed by atoms with Gasteiger partial charge in [0.2, 0.25) is 10.0 Å². The van der Waals surface area contributed by atoms with Crippen molar-refractivity contribution in [2.75, 3.05) is 18.4 Å². The minimum atomic E-state index is -3.13. The molecule has 0 saturated heterocycles. The van der Waals surface area contributed by atoms with Crippen molar-refractivity contribution in [3.05, 3.63) is 40.8 Å². The third kappa shape index (κ3) is 6.11. The molecule has 1 heterocycles. The van der Waals surface area contributed by atoms with Gasteiger partial charge >= 0.3 is 0 Å². The quantitative estimate of drug-likeness (QED) is 0.561. The highest BCUT2D eigenvalue weighted by molar-refractivity contribution is 7.90. The van der Waals surface area contributed by atoms with Crippen LogP contribution in [0.1, 0.15) is 44.2 Å². The second-order valence-corrected chi connectivity index (χ2v) is 10.2. The molecule has 0 unspecified atom stereocenters. The predicted molar refractivity (Wildman–Crippen MR) is 114 cm³/mol. The van der Waals surface area contributed by atoms with Crippen LogP contribution in [0.2, 0.25) is 0 Å². The van der Waals surface area contributed by atoms with Crippen LogP contribution in [0.25, 0.3) is 10.4 Å². The van der Waals surface area contributed by atoms with Crippen molar-refractivity contribution < 1.29 is 8.42 Å². The average Bonchev–Trinajstić information content (AvgIpc) is 3.01. The molecule has 0 aliphatic rings. The number of hydrogen-bond donors (Lipinski definition) is 2. The zero-order valence-electron chi connectivity index (χ0n) is 16.1. The van der Waals surface area contributed by atoms with E-state index in [1.807, 2.05) is 0 Å². The molecule has 4 nitrogen and oxygen atoms in total. The SMILES string of the molecule is Cc1csc(-c2ccc(NCCCCCNS(=O)(=O)C(C)C)c(C)c2)c1. The summed E-state index contributed by atoms with van der Waals surface area (Å²) in [7, 11) is -3.13. The van der Waals surface area contributed by atoms with Crippen LogP contribution in [0.3, 0.4) is 0 Å². The van der Waals surface area contributed by atoms with E-state index in [-0.39, 0.29) is 5.25 Å². The van der Waals surface area contributed by atoms with Crippen LogP contribution in [-0.4, -0.2) is 26.8 Å². The number of rotatable bonds is 10. The van der Waals surface area contributed by atoms with Crippen LogP contribution < -0.4 is 10.0 Å². The number of benzene rings is 1. The van der Waals surface area contributed by atoms with E-state index in [0.717, 1.165) is 25.8 Å². The average molecular weight is 395 g/mol. The number of sulfonamides is 1. The van der Waals surface area contributed by atoms with E-state index in [2.05, 4.69) is 53.5 Å². The molecule has 0 aliphatic carbocycles. The largest absolute Gasteiger partial charge is 0.385 e. The molecule has 2 aromatic rings. The Kier molecular flexibility index (Phi) is 7.68. The highest BCUT2D eigenvalue weighted by Crippen LogP contribution is 2.29. The highest BCUT2D eigenvalue weighted by Gasteiger charge is 2.13. The van der Waals surface area contributed by atoms with Gasteiger partial charge in [0.15, 0.2) is 0 Å². The maximum atomic E-state index is 11.7. The molecular weight excluding hydrogens is 364 g/mol. The Balaban J connectivity index is 1.71. The van der Waals surface area contributed by atoms with Gasteiger partial charge in [-0.2, -0.15) is 0 Å². The summed E-state index contributed by atoms with van der Waals surface area (Å²) >= 11 is 1.78. The number of nitrogens with one attached hydrogen (secondary N) is 2. The van der Waals surface area contributed by atoms with Gasteiger partial charge < -0.3 is 5.32 Å². The summed E-state index contributed by atoms with van der Waals surface area (Å²) in [6, 6.07) is 8.77. The van der Waals surface area contributed by atoms with E-state index in [1.54, 1.807) is 25.2 Å². The summed E-state index contributed by atoms with van der Waals surface area (Å²) in [5, 5.41) is 5.30. The first-order valence-electron chi connectivity index (χ1n) is 9.18. The van der Waals surface area contributed by atoms with Crippen LogP contribution in [0.15, 0.2) is 29.6 Å². The molecule has 144 valence electrons. The maximum absolute atomic E-state index is 11.7. The smallest absolute Gasteiger partial charge is 0.213 e. The van der Waals surface area contributed by atoms with Crippen molar-refractivity contribution in [3.8, 4) is 10.4 Å². The molecule has 0 atom stereocenters. The van der Waals surface area contributed by atoms with E-state index in [1.165, 1.54) is 27.3 Å². The summed E-state index contributed by atoms with van der Waals surface area (Å²) in [4.78, 5) is 1.31. The first kappa shape index (κ1) is 20.9. The molecule has 0 amide bonds. The third-order valence-electron chi connectivity index (χ3n) is 4.33. The molecule has 0 fully saturated rings. The van der Waals surface area contributed by atoms with E-state index in [9.17, 15) is 8.42 Å². The van der Waals surface area contributed by atoms with Crippen LogP contribution in [0.5, 0.6) is 0 Å². The zero-order valence-corrected chi connectivity index (χ0v) is 17.8. The van der Waals surface area contributed by atoms with E-state index < -0.39 is 10.0 Å². The second kappa shape index (κ2) is 9.53. The van der Waals surface area contributed by atoms with Gasteiger partial charge in [0, 0.05) is 23.7 Å². The Labute approximate surface area is 162 Å². The monoisotopic (exact) mass is 394 g/mol. The van der Waals surface area contributed by atoms with Crippen LogP contribution in [-0.2, 0) is 10.0 Å². The standard InChI is InChI=1S/C20H30N2O2S2/c1-15(2)26(23,24)22-11-7-5-6-10-21-19-9-8-18(13-17(19)4)20-12-16(3)14-25-20/h8-9,12-15,21-22H,5-7,10-11H2,1-4H3. The summed E-state index contributed by atoms with van der Waals surface area (Å²) in [6.45, 7) is 9.06. The number of aryl methyl sites for hydroxylation is 2. The molecule has 2 rings (SSSR count). The fourth-order valence-corrected chi connectivity index (χ4v) is 4.29. The molecular formula is C20H30N2O2S2. The van der Waals surface area contributed by atoms with Gasteiger partial charge in [-0.15, -0.1) is 11.3 Å². The molecule has 26 heavy (non-hydrogen) atoms. The van der Waals surface area contributed by atoms with Gasteiger partial charge in [-0.25, -0.2) is 13.1 Å². The minimum absolute atomic E-state index is 0.367. The molecule has 1 aromatic heterocycles. The van der Waals surface area contributed by atoms with Crippen molar-refractivity contribution in [1.82, 2.24) is 4.72 Å². The second-order valence-electron chi connectivity index (χ2n) is 6.99. The topological polar surface area (TPSA) is 58.2 Å². The lowest BCUT2D eigenvalue weighted by atomic mass is 10.1. The summed E-state index contributed by atoms with van der Waals surface area (Å²) in [6.07, 6.45) is 2.89. The maximum Gasteiger partial charge on any atom is 0.213 e. The molecule has 0 saturated carbocycles. The van der Waals surface area contributed by atoms with Gasteiger partial charge in [0.1, 0.15) is 0 Å². The van der Waals surface area contributed by atoms with Crippen molar-refractivity contribution in [2.45, 2.75) is 52.2 Å². The van der Waals surface area contributed by atoms with E-state index in [0.29, 0.717) is 6.54 Å². The number of anilines is 1. The Bertz CT molecular complexity index is 811. The van der Waals surface area contributed by atoms with E-state index in [4.69, 9.17) is 0 Å². The third-order valence-corrected chi connectivity index (χ3v) is 7.28. The number of unbranched alkanes of at least 4 members (excludes halogenated alkanes) is 2. The lowest BCUT2D eigenvalue weighted by Gasteiger charge is -2.11. The Hall–Kier alpha value is -1.37. The van der Waals surface area contributed by atoms with Gasteiger partial charge in [0.25, 0.3) is 0 Å². The van der Waals surface area contributed by atoms with Gasteiger partial charge in [-0.05, 0) is 80.8 Å². The van der Waals surface area contributed by atoms with Crippen LogP contribution >= 0.6 is 11.3 Å². The molecule has 0 bridgehead atoms. The van der Waals surface area contributed by atoms with Gasteiger partial charge in [0.05, 0.1) is 5.25 Å². The minimum Gasteiger partial charge on any atom is -0.385 e. The Morgan fingerprint density at radius 3 is 2.38 bits per heavy atom. The highest BCUT2D eigenvalue weighted by atomic mass is 32.2. The lowest BCUT2D eigenvalue weighted by Crippen LogP contribution is -2.31. The summed E-state index contributed by atoms with van der Waals surface area (Å²) in [5.74, 6) is 0. The Morgan fingerprint density at radius 2 is 1.77 bits per heavy atom. The lowest BCUT2D eigenvalue weighted by molar-refractivity contribution is 0.566. The fraction of sp³-hybridized carbons (Fsp3) is 0.500. The molecule has 2 N–H and O–H groups in total. The summed E-state index contributed by atoms with van der Waals surface area (Å²) in [5.41, 5.74) is 4.99. The van der Waals surface area contributed by atoms with E-state index >= 15 is 0 Å². The number of thiophene rings is 1. The van der Waals surface area contributed by atoms with Crippen molar-refractivity contribution in [2.24, 2.45) is 0 Å². The van der Waals surface area contributed by atoms with Crippen LogP contribution in [0, 0.1) is 13.8 Å². The number of hydrogen-bond acceptors (Lipinski definition) is 4. The first-order chi connectivity index (χ1) is 12.3. The van der Waals surface area contributed by atoms with Crippen LogP contribution in [0.4, 0.5) is 5.69 Å². The predicted octanol–water partition coefficient (Wildman–Crippen LogP) is 4.94. The van der Waals surface area contributed by atoms with Crippen molar-refractivity contribution >= 4 is 27.0 Å². The zero-order chi connectivity index (χ0) is 19.2. The van der Waals surface area contributed by atoms with Gasteiger partial charge in [-0.1, -0.05) is 12.5 Å². The van der Waals surface area contributed by atoms with Crippen molar-refractivity contribution in [1.29, 1.82) is 0 Å². The molecule has 6 heteroatoms. The Morgan fingerprint density at radius 1 is 1.04 bits per heavy atom. The van der Waals surface area contributed by atoms with Gasteiger partial charge in [-0.3, -0.25) is 0 Å². The normalized spacial score (nSPS) is 11.9.